The Morgan fingerprint density at radius 2 is 1.88 bits per heavy atom. The van der Waals surface area contributed by atoms with Crippen LogP contribution in [0.2, 0.25) is 0 Å². The number of carbonyl (C=O) groups is 1. The first-order valence-corrected chi connectivity index (χ1v) is 9.34. The average molecular weight is 370 g/mol. The normalized spacial score (nSPS) is 15.3. The number of anilines is 1. The highest BCUT2D eigenvalue weighted by Crippen LogP contribution is 2.22. The number of aromatic nitrogens is 2. The van der Waals surface area contributed by atoms with E-state index in [0.717, 1.165) is 5.00 Å². The number of H-pyrrole nitrogens is 1. The molecule has 1 aliphatic rings. The SMILES string of the molecule is O=C(Nc1cccs1)N1CCC(n2c(=O)[nH]c3ccccc3c2=O)CC1. The number of benzene rings is 1. The lowest BCUT2D eigenvalue weighted by atomic mass is 10.0. The molecular weight excluding hydrogens is 352 g/mol. The van der Waals surface area contributed by atoms with E-state index in [-0.39, 0.29) is 17.6 Å². The monoisotopic (exact) mass is 370 g/mol. The highest BCUT2D eigenvalue weighted by molar-refractivity contribution is 7.14. The van der Waals surface area contributed by atoms with Crippen LogP contribution in [0.15, 0.2) is 51.4 Å². The summed E-state index contributed by atoms with van der Waals surface area (Å²) in [5.41, 5.74) is -0.118. The Labute approximate surface area is 152 Å². The van der Waals surface area contributed by atoms with Crippen molar-refractivity contribution < 1.29 is 4.79 Å². The van der Waals surface area contributed by atoms with Crippen LogP contribution < -0.4 is 16.6 Å². The zero-order chi connectivity index (χ0) is 18.1. The molecule has 3 aromatic rings. The van der Waals surface area contributed by atoms with Gasteiger partial charge in [-0.05, 0) is 42.5 Å². The van der Waals surface area contributed by atoms with Crippen LogP contribution in [0.25, 0.3) is 10.9 Å². The van der Waals surface area contributed by atoms with Gasteiger partial charge in [0.25, 0.3) is 5.56 Å². The van der Waals surface area contributed by atoms with Crippen LogP contribution in [0.4, 0.5) is 9.80 Å². The lowest BCUT2D eigenvalue weighted by Gasteiger charge is -2.32. The zero-order valence-electron chi connectivity index (χ0n) is 14.0. The number of urea groups is 1. The van der Waals surface area contributed by atoms with Crippen LogP contribution in [0.5, 0.6) is 0 Å². The van der Waals surface area contributed by atoms with Gasteiger partial charge in [0.05, 0.1) is 15.9 Å². The summed E-state index contributed by atoms with van der Waals surface area (Å²) in [5.74, 6) is 0. The van der Waals surface area contributed by atoms with Gasteiger partial charge in [-0.3, -0.25) is 14.7 Å². The van der Waals surface area contributed by atoms with Gasteiger partial charge in [0.1, 0.15) is 0 Å². The molecule has 0 aliphatic carbocycles. The number of nitrogens with zero attached hydrogens (tertiary/aromatic N) is 2. The Bertz CT molecular complexity index is 1050. The van der Waals surface area contributed by atoms with E-state index in [1.165, 1.54) is 15.9 Å². The van der Waals surface area contributed by atoms with Crippen molar-refractivity contribution in [3.05, 3.63) is 62.6 Å². The number of likely N-dealkylation sites (tertiary alicyclic amines) is 1. The van der Waals surface area contributed by atoms with Gasteiger partial charge in [0, 0.05) is 19.1 Å². The molecule has 4 rings (SSSR count). The smallest absolute Gasteiger partial charge is 0.324 e. The fourth-order valence-electron chi connectivity index (χ4n) is 3.37. The topological polar surface area (TPSA) is 87.2 Å². The molecule has 0 atom stereocenters. The molecule has 8 heteroatoms. The summed E-state index contributed by atoms with van der Waals surface area (Å²) in [6, 6.07) is 10.4. The third kappa shape index (κ3) is 3.03. The number of para-hydroxylation sites is 1. The summed E-state index contributed by atoms with van der Waals surface area (Å²) in [7, 11) is 0. The number of nitrogens with one attached hydrogen (secondary N) is 2. The Morgan fingerprint density at radius 1 is 1.12 bits per heavy atom. The minimum atomic E-state index is -0.393. The number of aromatic amines is 1. The van der Waals surface area contributed by atoms with Crippen molar-refractivity contribution in [1.29, 1.82) is 0 Å². The molecule has 134 valence electrons. The number of rotatable bonds is 2. The molecule has 2 aromatic heterocycles. The number of amides is 2. The first kappa shape index (κ1) is 16.6. The minimum Gasteiger partial charge on any atom is -0.324 e. The molecule has 0 radical (unpaired) electrons. The fraction of sp³-hybridized carbons (Fsp3) is 0.278. The second-order valence-corrected chi connectivity index (χ2v) is 7.22. The van der Waals surface area contributed by atoms with Crippen molar-refractivity contribution in [2.24, 2.45) is 0 Å². The van der Waals surface area contributed by atoms with Gasteiger partial charge in [0.15, 0.2) is 0 Å². The molecule has 0 spiro atoms. The van der Waals surface area contributed by atoms with Crippen LogP contribution in [-0.4, -0.2) is 33.6 Å². The van der Waals surface area contributed by atoms with Crippen molar-refractivity contribution in [2.45, 2.75) is 18.9 Å². The number of fused-ring (bicyclic) bond motifs is 1. The molecule has 0 saturated carbocycles. The Morgan fingerprint density at radius 3 is 2.62 bits per heavy atom. The average Bonchev–Trinajstić information content (AvgIpc) is 3.15. The quantitative estimate of drug-likeness (QED) is 0.727. The first-order chi connectivity index (χ1) is 12.6. The maximum atomic E-state index is 12.7. The summed E-state index contributed by atoms with van der Waals surface area (Å²) in [5, 5.41) is 6.07. The Hall–Kier alpha value is -2.87. The molecule has 3 heterocycles. The Balaban J connectivity index is 1.52. The maximum absolute atomic E-state index is 12.7. The van der Waals surface area contributed by atoms with Crippen LogP contribution in [0.3, 0.4) is 0 Å². The van der Waals surface area contributed by atoms with Crippen LogP contribution in [0, 0.1) is 0 Å². The minimum absolute atomic E-state index is 0.148. The number of carbonyl (C=O) groups excluding carboxylic acids is 1. The first-order valence-electron chi connectivity index (χ1n) is 8.46. The van der Waals surface area contributed by atoms with Gasteiger partial charge in [-0.25, -0.2) is 9.59 Å². The third-order valence-corrected chi connectivity index (χ3v) is 5.49. The van der Waals surface area contributed by atoms with E-state index >= 15 is 0 Å². The summed E-state index contributed by atoms with van der Waals surface area (Å²) in [6.45, 7) is 1.00. The lowest BCUT2D eigenvalue weighted by molar-refractivity contribution is 0.182. The maximum Gasteiger partial charge on any atom is 0.329 e. The molecule has 1 aliphatic heterocycles. The molecule has 2 N–H and O–H groups in total. The molecule has 0 bridgehead atoms. The van der Waals surface area contributed by atoms with Crippen molar-refractivity contribution in [2.75, 3.05) is 18.4 Å². The van der Waals surface area contributed by atoms with E-state index < -0.39 is 5.69 Å². The molecule has 1 fully saturated rings. The standard InChI is InChI=1S/C18H18N4O3S/c23-16-13-4-1-2-5-14(13)19-18(25)22(16)12-7-9-21(10-8-12)17(24)20-15-6-3-11-26-15/h1-6,11-12H,7-10H2,(H,19,25)(H,20,24). The summed E-state index contributed by atoms with van der Waals surface area (Å²) in [6.07, 6.45) is 1.14. The summed E-state index contributed by atoms with van der Waals surface area (Å²) < 4.78 is 1.30. The van der Waals surface area contributed by atoms with Gasteiger partial charge in [-0.1, -0.05) is 12.1 Å². The largest absolute Gasteiger partial charge is 0.329 e. The molecule has 2 amide bonds. The van der Waals surface area contributed by atoms with E-state index in [1.807, 2.05) is 17.5 Å². The van der Waals surface area contributed by atoms with E-state index in [0.29, 0.717) is 36.8 Å². The Kier molecular flexibility index (Phi) is 4.34. The third-order valence-electron chi connectivity index (χ3n) is 4.70. The number of piperidine rings is 1. The van der Waals surface area contributed by atoms with E-state index in [1.54, 1.807) is 29.2 Å². The van der Waals surface area contributed by atoms with Crippen molar-refractivity contribution in [1.82, 2.24) is 14.5 Å². The van der Waals surface area contributed by atoms with Crippen LogP contribution >= 0.6 is 11.3 Å². The lowest BCUT2D eigenvalue weighted by Crippen LogP contribution is -2.46. The van der Waals surface area contributed by atoms with Gasteiger partial charge in [0.2, 0.25) is 0 Å². The number of hydrogen-bond donors (Lipinski definition) is 2. The highest BCUT2D eigenvalue weighted by Gasteiger charge is 2.26. The second-order valence-electron chi connectivity index (χ2n) is 6.28. The van der Waals surface area contributed by atoms with Crippen LogP contribution in [0.1, 0.15) is 18.9 Å². The van der Waals surface area contributed by atoms with Crippen molar-refractivity contribution in [3.8, 4) is 0 Å². The molecule has 0 unspecified atom stereocenters. The molecule has 7 nitrogen and oxygen atoms in total. The van der Waals surface area contributed by atoms with Crippen LogP contribution in [-0.2, 0) is 0 Å². The fourth-order valence-corrected chi connectivity index (χ4v) is 3.98. The predicted octanol–water partition coefficient (Wildman–Crippen LogP) is 2.62. The summed E-state index contributed by atoms with van der Waals surface area (Å²) >= 11 is 1.47. The highest BCUT2D eigenvalue weighted by atomic mass is 32.1. The van der Waals surface area contributed by atoms with Gasteiger partial charge in [-0.2, -0.15) is 0 Å². The van der Waals surface area contributed by atoms with E-state index in [9.17, 15) is 14.4 Å². The zero-order valence-corrected chi connectivity index (χ0v) is 14.8. The van der Waals surface area contributed by atoms with Crippen molar-refractivity contribution >= 4 is 33.3 Å². The molecule has 26 heavy (non-hydrogen) atoms. The van der Waals surface area contributed by atoms with Gasteiger partial charge >= 0.3 is 11.7 Å². The number of thiophene rings is 1. The molecule has 1 aromatic carbocycles. The van der Waals surface area contributed by atoms with E-state index in [4.69, 9.17) is 0 Å². The predicted molar refractivity (Wildman–Crippen MR) is 102 cm³/mol. The van der Waals surface area contributed by atoms with Gasteiger partial charge < -0.3 is 9.88 Å². The van der Waals surface area contributed by atoms with Crippen molar-refractivity contribution in [3.63, 3.8) is 0 Å². The molecular formula is C18H18N4O3S. The van der Waals surface area contributed by atoms with E-state index in [2.05, 4.69) is 10.3 Å². The summed E-state index contributed by atoms with van der Waals surface area (Å²) in [4.78, 5) is 41.9. The second kappa shape index (κ2) is 6.80. The molecule has 1 saturated heterocycles. The van der Waals surface area contributed by atoms with Gasteiger partial charge in [-0.15, -0.1) is 11.3 Å². The number of hydrogen-bond acceptors (Lipinski definition) is 4.